The van der Waals surface area contributed by atoms with Gasteiger partial charge < -0.3 is 29.7 Å². The topological polar surface area (TPSA) is 80.8 Å². The fourth-order valence-electron chi connectivity index (χ4n) is 3.75. The molecule has 5 rings (SSSR count). The molecule has 2 heterocycles. The van der Waals surface area contributed by atoms with Crippen molar-refractivity contribution >= 4 is 34.0 Å². The number of methoxy groups -OCH3 is 2. The molecule has 2 fully saturated rings. The number of nitrogens with zero attached hydrogens (tertiary/aromatic N) is 3. The van der Waals surface area contributed by atoms with E-state index >= 15 is 0 Å². The Bertz CT molecular complexity index is 1060. The summed E-state index contributed by atoms with van der Waals surface area (Å²) < 4.78 is 16.4. The summed E-state index contributed by atoms with van der Waals surface area (Å²) in [7, 11) is 3.26. The van der Waals surface area contributed by atoms with E-state index in [4.69, 9.17) is 24.2 Å². The lowest BCUT2D eigenvalue weighted by molar-refractivity contribution is 0.122. The van der Waals surface area contributed by atoms with E-state index in [-0.39, 0.29) is 0 Å². The molecule has 0 amide bonds. The fourth-order valence-corrected chi connectivity index (χ4v) is 3.75. The summed E-state index contributed by atoms with van der Waals surface area (Å²) in [5, 5.41) is 7.78. The molecular formula is C23H27N5O3. The van der Waals surface area contributed by atoms with Crippen LogP contribution in [-0.2, 0) is 4.74 Å². The number of nitrogens with one attached hydrogen (secondary N) is 2. The predicted molar refractivity (Wildman–Crippen MR) is 122 cm³/mol. The number of hydrogen-bond donors (Lipinski definition) is 2. The number of hydrogen-bond acceptors (Lipinski definition) is 8. The van der Waals surface area contributed by atoms with E-state index in [1.54, 1.807) is 14.2 Å². The van der Waals surface area contributed by atoms with Crippen LogP contribution in [0.15, 0.2) is 36.4 Å². The number of fused-ring (bicyclic) bond motifs is 1. The van der Waals surface area contributed by atoms with E-state index in [1.165, 1.54) is 5.69 Å². The molecule has 8 heteroatoms. The van der Waals surface area contributed by atoms with Gasteiger partial charge >= 0.3 is 0 Å². The molecule has 1 saturated heterocycles. The number of ether oxygens (including phenoxy) is 3. The smallest absolute Gasteiger partial charge is 0.229 e. The van der Waals surface area contributed by atoms with Gasteiger partial charge in [0, 0.05) is 42.0 Å². The Hall–Kier alpha value is -3.26. The molecule has 1 aromatic heterocycles. The van der Waals surface area contributed by atoms with Crippen LogP contribution in [0.3, 0.4) is 0 Å². The Balaban J connectivity index is 1.44. The molecule has 2 aromatic carbocycles. The number of morpholine rings is 1. The Morgan fingerprint density at radius 2 is 1.68 bits per heavy atom. The highest BCUT2D eigenvalue weighted by Crippen LogP contribution is 2.36. The summed E-state index contributed by atoms with van der Waals surface area (Å²) in [6.07, 6.45) is 2.31. The zero-order valence-corrected chi connectivity index (χ0v) is 17.9. The molecule has 2 N–H and O–H groups in total. The number of anilines is 4. The van der Waals surface area contributed by atoms with Gasteiger partial charge in [-0.25, -0.2) is 4.98 Å². The van der Waals surface area contributed by atoms with Gasteiger partial charge in [0.25, 0.3) is 0 Å². The Morgan fingerprint density at radius 3 is 2.35 bits per heavy atom. The van der Waals surface area contributed by atoms with Gasteiger partial charge in [0.05, 0.1) is 33.0 Å². The van der Waals surface area contributed by atoms with Crippen LogP contribution < -0.4 is 25.0 Å². The minimum Gasteiger partial charge on any atom is -0.493 e. The zero-order chi connectivity index (χ0) is 21.2. The average molecular weight is 422 g/mol. The van der Waals surface area contributed by atoms with E-state index < -0.39 is 0 Å². The molecule has 1 aliphatic carbocycles. The molecule has 0 spiro atoms. The average Bonchev–Trinajstić information content (AvgIpc) is 3.63. The summed E-state index contributed by atoms with van der Waals surface area (Å²) in [5.41, 5.74) is 2.93. The molecule has 31 heavy (non-hydrogen) atoms. The second-order valence-corrected chi connectivity index (χ2v) is 7.81. The lowest BCUT2D eigenvalue weighted by Gasteiger charge is -2.28. The third-order valence-electron chi connectivity index (χ3n) is 5.62. The maximum atomic E-state index is 5.47. The van der Waals surface area contributed by atoms with Crippen molar-refractivity contribution in [2.45, 2.75) is 18.9 Å². The SMILES string of the molecule is COc1cc2nc(Nc3ccc(N4CCOCC4)cc3)nc(NC3CC3)c2cc1OC. The van der Waals surface area contributed by atoms with Crippen LogP contribution in [0.5, 0.6) is 11.5 Å². The molecule has 1 saturated carbocycles. The lowest BCUT2D eigenvalue weighted by atomic mass is 10.2. The van der Waals surface area contributed by atoms with Gasteiger partial charge in [0.1, 0.15) is 5.82 Å². The van der Waals surface area contributed by atoms with Gasteiger partial charge in [-0.2, -0.15) is 4.98 Å². The van der Waals surface area contributed by atoms with Crippen molar-refractivity contribution in [3.8, 4) is 11.5 Å². The van der Waals surface area contributed by atoms with Gasteiger partial charge in [-0.15, -0.1) is 0 Å². The van der Waals surface area contributed by atoms with Crippen molar-refractivity contribution in [3.63, 3.8) is 0 Å². The normalized spacial score (nSPS) is 16.3. The van der Waals surface area contributed by atoms with E-state index in [1.807, 2.05) is 12.1 Å². The van der Waals surface area contributed by atoms with Gasteiger partial charge in [-0.1, -0.05) is 0 Å². The second kappa shape index (κ2) is 8.47. The Labute approximate surface area is 181 Å². The molecule has 0 atom stereocenters. The van der Waals surface area contributed by atoms with Crippen molar-refractivity contribution in [2.75, 3.05) is 56.1 Å². The molecule has 0 unspecified atom stereocenters. The fraction of sp³-hybridized carbons (Fsp3) is 0.391. The first-order chi connectivity index (χ1) is 15.2. The molecule has 0 radical (unpaired) electrons. The molecule has 0 bridgehead atoms. The van der Waals surface area contributed by atoms with Crippen molar-refractivity contribution in [3.05, 3.63) is 36.4 Å². The lowest BCUT2D eigenvalue weighted by Crippen LogP contribution is -2.36. The predicted octanol–water partition coefficient (Wildman–Crippen LogP) is 3.80. The van der Waals surface area contributed by atoms with E-state index in [9.17, 15) is 0 Å². The number of rotatable bonds is 7. The third-order valence-corrected chi connectivity index (χ3v) is 5.62. The summed E-state index contributed by atoms with van der Waals surface area (Å²) in [4.78, 5) is 11.8. The minimum atomic E-state index is 0.465. The highest BCUT2D eigenvalue weighted by molar-refractivity contribution is 5.93. The van der Waals surface area contributed by atoms with Gasteiger partial charge in [0.15, 0.2) is 11.5 Å². The van der Waals surface area contributed by atoms with E-state index in [0.29, 0.717) is 23.5 Å². The van der Waals surface area contributed by atoms with Crippen LogP contribution in [0.4, 0.5) is 23.1 Å². The molecule has 2 aliphatic rings. The van der Waals surface area contributed by atoms with Crippen molar-refractivity contribution in [1.29, 1.82) is 0 Å². The maximum Gasteiger partial charge on any atom is 0.229 e. The van der Waals surface area contributed by atoms with Gasteiger partial charge in [-0.05, 0) is 43.2 Å². The van der Waals surface area contributed by atoms with E-state index in [0.717, 1.165) is 61.6 Å². The Kier molecular flexibility index (Phi) is 5.38. The van der Waals surface area contributed by atoms with Gasteiger partial charge in [0.2, 0.25) is 5.95 Å². The number of aromatic nitrogens is 2. The van der Waals surface area contributed by atoms with E-state index in [2.05, 4.69) is 39.8 Å². The summed E-state index contributed by atoms with van der Waals surface area (Å²) in [6.45, 7) is 3.38. The molecule has 1 aliphatic heterocycles. The third kappa shape index (κ3) is 4.29. The second-order valence-electron chi connectivity index (χ2n) is 7.81. The van der Waals surface area contributed by atoms with Crippen LogP contribution in [0.1, 0.15) is 12.8 Å². The van der Waals surface area contributed by atoms with Crippen LogP contribution in [-0.4, -0.2) is 56.5 Å². The largest absolute Gasteiger partial charge is 0.493 e. The molecule has 162 valence electrons. The molecule has 3 aromatic rings. The summed E-state index contributed by atoms with van der Waals surface area (Å²) >= 11 is 0. The van der Waals surface area contributed by atoms with Crippen LogP contribution in [0, 0.1) is 0 Å². The minimum absolute atomic E-state index is 0.465. The quantitative estimate of drug-likeness (QED) is 0.596. The van der Waals surface area contributed by atoms with Crippen molar-refractivity contribution < 1.29 is 14.2 Å². The first kappa shape index (κ1) is 19.7. The van der Waals surface area contributed by atoms with Crippen molar-refractivity contribution in [1.82, 2.24) is 9.97 Å². The monoisotopic (exact) mass is 421 g/mol. The van der Waals surface area contributed by atoms with Crippen molar-refractivity contribution in [2.24, 2.45) is 0 Å². The summed E-state index contributed by atoms with van der Waals surface area (Å²) in [5.74, 6) is 2.66. The highest BCUT2D eigenvalue weighted by Gasteiger charge is 2.23. The first-order valence-electron chi connectivity index (χ1n) is 10.6. The Morgan fingerprint density at radius 1 is 0.968 bits per heavy atom. The highest BCUT2D eigenvalue weighted by atomic mass is 16.5. The maximum absolute atomic E-state index is 5.47. The van der Waals surface area contributed by atoms with Crippen LogP contribution >= 0.6 is 0 Å². The zero-order valence-electron chi connectivity index (χ0n) is 17.9. The summed E-state index contributed by atoms with van der Waals surface area (Å²) in [6, 6.07) is 12.6. The standard InChI is InChI=1S/C23H27N5O3/c1-29-20-13-18-19(14-21(20)30-2)26-23(27-22(18)24-15-3-4-15)25-16-5-7-17(8-6-16)28-9-11-31-12-10-28/h5-8,13-15H,3-4,9-12H2,1-2H3,(H2,24,25,26,27). The first-order valence-corrected chi connectivity index (χ1v) is 10.6. The van der Waals surface area contributed by atoms with Crippen LogP contribution in [0.25, 0.3) is 10.9 Å². The number of benzene rings is 2. The van der Waals surface area contributed by atoms with Gasteiger partial charge in [-0.3, -0.25) is 0 Å². The van der Waals surface area contributed by atoms with Crippen LogP contribution in [0.2, 0.25) is 0 Å². The molecule has 8 nitrogen and oxygen atoms in total. The molecular weight excluding hydrogens is 394 g/mol.